The third-order valence-electron chi connectivity index (χ3n) is 6.05. The van der Waals surface area contributed by atoms with Crippen LogP contribution in [0.5, 0.6) is 0 Å². The van der Waals surface area contributed by atoms with Crippen LogP contribution in [0.15, 0.2) is 12.4 Å². The Hall–Kier alpha value is -1.20. The summed E-state index contributed by atoms with van der Waals surface area (Å²) in [6.07, 6.45) is 9.79. The summed E-state index contributed by atoms with van der Waals surface area (Å²) in [6.45, 7) is 6.55. The molecule has 4 atom stereocenters. The van der Waals surface area contributed by atoms with Crippen molar-refractivity contribution in [2.24, 2.45) is 17.8 Å². The minimum Gasteiger partial charge on any atom is -0.378 e. The van der Waals surface area contributed by atoms with Crippen molar-refractivity contribution in [2.75, 3.05) is 31.2 Å². The van der Waals surface area contributed by atoms with Crippen molar-refractivity contribution in [1.82, 2.24) is 15.3 Å². The zero-order valence-corrected chi connectivity index (χ0v) is 14.1. The van der Waals surface area contributed by atoms with Gasteiger partial charge in [0.2, 0.25) is 5.95 Å². The summed E-state index contributed by atoms with van der Waals surface area (Å²) < 4.78 is 5.37. The Bertz CT molecular complexity index is 514. The Morgan fingerprint density at radius 1 is 1.22 bits per heavy atom. The van der Waals surface area contributed by atoms with E-state index in [9.17, 15) is 0 Å². The molecule has 0 radical (unpaired) electrons. The third kappa shape index (κ3) is 3.36. The van der Waals surface area contributed by atoms with Gasteiger partial charge in [-0.25, -0.2) is 9.97 Å². The minimum atomic E-state index is 0.601. The summed E-state index contributed by atoms with van der Waals surface area (Å²) >= 11 is 0. The second kappa shape index (κ2) is 6.73. The van der Waals surface area contributed by atoms with Crippen LogP contribution in [0, 0.1) is 17.8 Å². The average Bonchev–Trinajstić information content (AvgIpc) is 3.24. The highest BCUT2D eigenvalue weighted by molar-refractivity contribution is 5.30. The molecule has 1 saturated heterocycles. The molecular formula is C18H28N4O. The number of aromatic nitrogens is 2. The first kappa shape index (κ1) is 15.3. The number of hydrogen-bond acceptors (Lipinski definition) is 5. The lowest BCUT2D eigenvalue weighted by Crippen LogP contribution is -2.37. The molecule has 1 aromatic rings. The van der Waals surface area contributed by atoms with Crippen molar-refractivity contribution >= 4 is 5.95 Å². The highest BCUT2D eigenvalue weighted by atomic mass is 16.5. The van der Waals surface area contributed by atoms with Crippen LogP contribution >= 0.6 is 0 Å². The summed E-state index contributed by atoms with van der Waals surface area (Å²) in [4.78, 5) is 11.3. The maximum Gasteiger partial charge on any atom is 0.225 e. The highest BCUT2D eigenvalue weighted by Gasteiger charge is 2.41. The van der Waals surface area contributed by atoms with Crippen LogP contribution in [-0.2, 0) is 11.3 Å². The lowest BCUT2D eigenvalue weighted by molar-refractivity contribution is 0.122. The molecule has 3 fully saturated rings. The van der Waals surface area contributed by atoms with Crippen molar-refractivity contribution < 1.29 is 4.74 Å². The molecule has 2 saturated carbocycles. The first-order valence-electron chi connectivity index (χ1n) is 9.16. The molecule has 1 aliphatic heterocycles. The normalized spacial score (nSPS) is 31.5. The van der Waals surface area contributed by atoms with Gasteiger partial charge in [0, 0.05) is 43.6 Å². The highest BCUT2D eigenvalue weighted by Crippen LogP contribution is 2.49. The molecule has 0 spiro atoms. The molecule has 2 heterocycles. The van der Waals surface area contributed by atoms with Crippen molar-refractivity contribution in [1.29, 1.82) is 0 Å². The second-order valence-electron chi connectivity index (χ2n) is 7.50. The van der Waals surface area contributed by atoms with Crippen LogP contribution in [0.4, 0.5) is 5.95 Å². The molecule has 5 heteroatoms. The number of hydrogen-bond donors (Lipinski definition) is 1. The van der Waals surface area contributed by atoms with Gasteiger partial charge in [0.1, 0.15) is 0 Å². The predicted octanol–water partition coefficient (Wildman–Crippen LogP) is 2.23. The van der Waals surface area contributed by atoms with E-state index in [1.54, 1.807) is 0 Å². The Morgan fingerprint density at radius 3 is 2.65 bits per heavy atom. The Morgan fingerprint density at radius 2 is 2.00 bits per heavy atom. The van der Waals surface area contributed by atoms with Gasteiger partial charge in [0.25, 0.3) is 0 Å². The van der Waals surface area contributed by atoms with Gasteiger partial charge >= 0.3 is 0 Å². The molecular weight excluding hydrogens is 288 g/mol. The van der Waals surface area contributed by atoms with Gasteiger partial charge in [-0.2, -0.15) is 0 Å². The molecule has 23 heavy (non-hydrogen) atoms. The van der Waals surface area contributed by atoms with E-state index in [0.717, 1.165) is 56.6 Å². The van der Waals surface area contributed by atoms with Crippen LogP contribution in [0.2, 0.25) is 0 Å². The zero-order chi connectivity index (χ0) is 15.6. The lowest BCUT2D eigenvalue weighted by atomic mass is 9.84. The van der Waals surface area contributed by atoms with Gasteiger partial charge in [0.15, 0.2) is 0 Å². The van der Waals surface area contributed by atoms with E-state index in [1.807, 2.05) is 12.4 Å². The van der Waals surface area contributed by atoms with E-state index in [2.05, 4.69) is 27.1 Å². The number of nitrogens with one attached hydrogen (secondary N) is 1. The maximum absolute atomic E-state index is 5.37. The molecule has 4 rings (SSSR count). The van der Waals surface area contributed by atoms with Crippen molar-refractivity contribution in [2.45, 2.75) is 45.2 Å². The fourth-order valence-electron chi connectivity index (χ4n) is 4.70. The summed E-state index contributed by atoms with van der Waals surface area (Å²) in [5.74, 6) is 3.70. The smallest absolute Gasteiger partial charge is 0.225 e. The fraction of sp³-hybridized carbons (Fsp3) is 0.778. The first-order valence-corrected chi connectivity index (χ1v) is 9.16. The van der Waals surface area contributed by atoms with Gasteiger partial charge in [-0.1, -0.05) is 6.42 Å². The van der Waals surface area contributed by atoms with E-state index in [4.69, 9.17) is 4.74 Å². The molecule has 0 aromatic carbocycles. The van der Waals surface area contributed by atoms with Gasteiger partial charge in [-0.05, 0) is 43.9 Å². The molecule has 1 N–H and O–H groups in total. The molecule has 3 aliphatic rings. The Kier molecular flexibility index (Phi) is 4.49. The van der Waals surface area contributed by atoms with E-state index < -0.39 is 0 Å². The molecule has 5 nitrogen and oxygen atoms in total. The van der Waals surface area contributed by atoms with E-state index >= 15 is 0 Å². The number of nitrogens with zero attached hydrogens (tertiary/aromatic N) is 3. The van der Waals surface area contributed by atoms with Gasteiger partial charge in [-0.15, -0.1) is 0 Å². The van der Waals surface area contributed by atoms with Crippen LogP contribution in [0.3, 0.4) is 0 Å². The Balaban J connectivity index is 1.29. The zero-order valence-electron chi connectivity index (χ0n) is 14.1. The molecule has 0 amide bonds. The topological polar surface area (TPSA) is 50.3 Å². The quantitative estimate of drug-likeness (QED) is 0.903. The molecule has 126 valence electrons. The number of rotatable bonds is 5. The van der Waals surface area contributed by atoms with Gasteiger partial charge < -0.3 is 15.0 Å². The number of fused-ring (bicyclic) bond motifs is 2. The summed E-state index contributed by atoms with van der Waals surface area (Å²) in [5.41, 5.74) is 1.18. The van der Waals surface area contributed by atoms with Gasteiger partial charge in [0.05, 0.1) is 13.2 Å². The van der Waals surface area contributed by atoms with Crippen LogP contribution in [-0.4, -0.2) is 42.3 Å². The van der Waals surface area contributed by atoms with Gasteiger partial charge in [-0.3, -0.25) is 0 Å². The number of morpholine rings is 1. The van der Waals surface area contributed by atoms with Crippen LogP contribution in [0.1, 0.15) is 38.2 Å². The number of ether oxygens (including phenoxy) is 1. The van der Waals surface area contributed by atoms with Crippen LogP contribution < -0.4 is 10.2 Å². The van der Waals surface area contributed by atoms with Crippen molar-refractivity contribution in [3.63, 3.8) is 0 Å². The molecule has 0 unspecified atom stereocenters. The third-order valence-corrected chi connectivity index (χ3v) is 6.05. The molecule has 2 aliphatic carbocycles. The standard InChI is InChI=1S/C18H28N4O/c1-13(17-9-14-2-3-16(17)8-14)19-10-15-11-20-18(21-12-15)22-4-6-23-7-5-22/h11-14,16-17,19H,2-10H2,1H3/t13-,14-,16-,17+/m0/s1. The SMILES string of the molecule is C[C@H](NCc1cnc(N2CCOCC2)nc1)[C@H]1C[C@H]2CC[C@H]1C2. The lowest BCUT2D eigenvalue weighted by Gasteiger charge is -2.29. The summed E-state index contributed by atoms with van der Waals surface area (Å²) in [6, 6.07) is 0.601. The monoisotopic (exact) mass is 316 g/mol. The molecule has 1 aromatic heterocycles. The summed E-state index contributed by atoms with van der Waals surface area (Å²) in [7, 11) is 0. The second-order valence-corrected chi connectivity index (χ2v) is 7.50. The van der Waals surface area contributed by atoms with E-state index in [0.29, 0.717) is 6.04 Å². The average molecular weight is 316 g/mol. The number of anilines is 1. The van der Waals surface area contributed by atoms with Crippen molar-refractivity contribution in [3.05, 3.63) is 18.0 Å². The van der Waals surface area contributed by atoms with Crippen molar-refractivity contribution in [3.8, 4) is 0 Å². The summed E-state index contributed by atoms with van der Waals surface area (Å²) in [5, 5.41) is 3.71. The van der Waals surface area contributed by atoms with E-state index in [-0.39, 0.29) is 0 Å². The molecule has 2 bridgehead atoms. The fourth-order valence-corrected chi connectivity index (χ4v) is 4.70. The Labute approximate surface area is 138 Å². The predicted molar refractivity (Wildman–Crippen MR) is 90.3 cm³/mol. The minimum absolute atomic E-state index is 0.601. The maximum atomic E-state index is 5.37. The largest absolute Gasteiger partial charge is 0.378 e. The first-order chi connectivity index (χ1) is 11.3. The van der Waals surface area contributed by atoms with Crippen LogP contribution in [0.25, 0.3) is 0 Å². The van der Waals surface area contributed by atoms with E-state index in [1.165, 1.54) is 31.2 Å².